The summed E-state index contributed by atoms with van der Waals surface area (Å²) in [6, 6.07) is 5.42. The van der Waals surface area contributed by atoms with Gasteiger partial charge in [-0.25, -0.2) is 0 Å². The van der Waals surface area contributed by atoms with E-state index in [9.17, 15) is 9.90 Å². The maximum absolute atomic E-state index is 11.8. The molecule has 18 heavy (non-hydrogen) atoms. The standard InChI is InChI=1S/C13H16BrNO3/c1-8(16)10-7-9(14)3-4-11(10)18-12-5-6-15(2)13(12)17/h3-4,7-8,12,16H,5-6H2,1-2H3/t8-,12?/m1/s1. The Morgan fingerprint density at radius 3 is 2.83 bits per heavy atom. The molecule has 1 aromatic rings. The second-order valence-electron chi connectivity index (χ2n) is 4.51. The van der Waals surface area contributed by atoms with Gasteiger partial charge in [-0.15, -0.1) is 0 Å². The molecule has 0 aliphatic carbocycles. The third-order valence-corrected chi connectivity index (χ3v) is 3.56. The number of ether oxygens (including phenoxy) is 1. The first-order valence-corrected chi connectivity index (χ1v) is 6.67. The maximum atomic E-state index is 11.8. The molecule has 1 amide bonds. The van der Waals surface area contributed by atoms with Gasteiger partial charge in [-0.05, 0) is 25.1 Å². The molecule has 98 valence electrons. The fourth-order valence-electron chi connectivity index (χ4n) is 2.01. The first-order valence-electron chi connectivity index (χ1n) is 5.88. The molecule has 1 heterocycles. The Morgan fingerprint density at radius 1 is 1.56 bits per heavy atom. The molecule has 2 atom stereocenters. The molecule has 0 bridgehead atoms. The highest BCUT2D eigenvalue weighted by atomic mass is 79.9. The molecule has 0 spiro atoms. The van der Waals surface area contributed by atoms with Gasteiger partial charge in [0.25, 0.3) is 5.91 Å². The lowest BCUT2D eigenvalue weighted by Crippen LogP contribution is -2.29. The van der Waals surface area contributed by atoms with Crippen molar-refractivity contribution < 1.29 is 14.6 Å². The van der Waals surface area contributed by atoms with Crippen molar-refractivity contribution >= 4 is 21.8 Å². The van der Waals surface area contributed by atoms with Crippen LogP contribution in [0.4, 0.5) is 0 Å². The van der Waals surface area contributed by atoms with Gasteiger partial charge in [-0.2, -0.15) is 0 Å². The summed E-state index contributed by atoms with van der Waals surface area (Å²) in [7, 11) is 1.77. The lowest BCUT2D eigenvalue weighted by Gasteiger charge is -2.17. The number of hydrogen-bond acceptors (Lipinski definition) is 3. The zero-order valence-corrected chi connectivity index (χ0v) is 12.0. The highest BCUT2D eigenvalue weighted by molar-refractivity contribution is 9.10. The van der Waals surface area contributed by atoms with Crippen molar-refractivity contribution in [3.05, 3.63) is 28.2 Å². The fourth-order valence-corrected chi connectivity index (χ4v) is 2.38. The number of hydrogen-bond donors (Lipinski definition) is 1. The lowest BCUT2D eigenvalue weighted by molar-refractivity contribution is -0.132. The average Bonchev–Trinajstić information content (AvgIpc) is 2.63. The molecule has 1 fully saturated rings. The van der Waals surface area contributed by atoms with Gasteiger partial charge in [-0.3, -0.25) is 4.79 Å². The summed E-state index contributed by atoms with van der Waals surface area (Å²) in [4.78, 5) is 13.4. The zero-order chi connectivity index (χ0) is 13.3. The SMILES string of the molecule is C[C@@H](O)c1cc(Br)ccc1OC1CCN(C)C1=O. The highest BCUT2D eigenvalue weighted by Crippen LogP contribution is 2.30. The molecule has 2 rings (SSSR count). The Labute approximate surface area is 115 Å². The molecule has 1 unspecified atom stereocenters. The lowest BCUT2D eigenvalue weighted by atomic mass is 10.1. The fraction of sp³-hybridized carbons (Fsp3) is 0.462. The monoisotopic (exact) mass is 313 g/mol. The minimum atomic E-state index is -0.633. The largest absolute Gasteiger partial charge is 0.480 e. The summed E-state index contributed by atoms with van der Waals surface area (Å²) in [5.74, 6) is 0.566. The van der Waals surface area contributed by atoms with Gasteiger partial charge in [0, 0.05) is 30.0 Å². The van der Waals surface area contributed by atoms with E-state index in [0.717, 1.165) is 4.47 Å². The van der Waals surface area contributed by atoms with E-state index in [1.165, 1.54) is 0 Å². The summed E-state index contributed by atoms with van der Waals surface area (Å²) in [5.41, 5.74) is 0.687. The summed E-state index contributed by atoms with van der Waals surface area (Å²) in [5, 5.41) is 9.72. The van der Waals surface area contributed by atoms with E-state index in [1.54, 1.807) is 24.9 Å². The van der Waals surface area contributed by atoms with E-state index in [0.29, 0.717) is 24.3 Å². The Hall–Kier alpha value is -1.07. The number of amides is 1. The number of likely N-dealkylation sites (tertiary alicyclic amines) is 1. The first kappa shape index (κ1) is 13.4. The second kappa shape index (κ2) is 5.28. The number of carbonyl (C=O) groups is 1. The van der Waals surface area contributed by atoms with Crippen molar-refractivity contribution in [1.82, 2.24) is 4.90 Å². The van der Waals surface area contributed by atoms with Gasteiger partial charge >= 0.3 is 0 Å². The second-order valence-corrected chi connectivity index (χ2v) is 5.43. The average molecular weight is 314 g/mol. The van der Waals surface area contributed by atoms with Crippen LogP contribution >= 0.6 is 15.9 Å². The van der Waals surface area contributed by atoms with Crippen LogP contribution in [-0.4, -0.2) is 35.6 Å². The maximum Gasteiger partial charge on any atom is 0.263 e. The van der Waals surface area contributed by atoms with E-state index in [-0.39, 0.29) is 5.91 Å². The molecule has 1 aromatic carbocycles. The van der Waals surface area contributed by atoms with E-state index < -0.39 is 12.2 Å². The summed E-state index contributed by atoms with van der Waals surface area (Å²) < 4.78 is 6.61. The first-order chi connectivity index (χ1) is 8.49. The van der Waals surface area contributed by atoms with Gasteiger partial charge in [0.2, 0.25) is 0 Å². The van der Waals surface area contributed by atoms with Crippen LogP contribution in [0.3, 0.4) is 0 Å². The van der Waals surface area contributed by atoms with Crippen molar-refractivity contribution in [2.75, 3.05) is 13.6 Å². The van der Waals surface area contributed by atoms with Crippen LogP contribution in [0.25, 0.3) is 0 Å². The van der Waals surface area contributed by atoms with Crippen molar-refractivity contribution in [1.29, 1.82) is 0 Å². The van der Waals surface area contributed by atoms with E-state index in [4.69, 9.17) is 4.74 Å². The number of rotatable bonds is 3. The predicted molar refractivity (Wildman–Crippen MR) is 71.4 cm³/mol. The molecular weight excluding hydrogens is 298 g/mol. The Bertz CT molecular complexity index is 462. The predicted octanol–water partition coefficient (Wildman–Crippen LogP) is 2.11. The topological polar surface area (TPSA) is 49.8 Å². The number of likely N-dealkylation sites (N-methyl/N-ethyl adjacent to an activating group) is 1. The van der Waals surface area contributed by atoms with E-state index in [2.05, 4.69) is 15.9 Å². The van der Waals surface area contributed by atoms with Crippen LogP contribution in [0.2, 0.25) is 0 Å². The molecule has 0 aromatic heterocycles. The molecule has 1 N–H and O–H groups in total. The zero-order valence-electron chi connectivity index (χ0n) is 10.4. The van der Waals surface area contributed by atoms with Crippen molar-refractivity contribution in [2.45, 2.75) is 25.6 Å². The minimum absolute atomic E-state index is 0.00513. The molecular formula is C13H16BrNO3. The van der Waals surface area contributed by atoms with Gasteiger partial charge in [0.15, 0.2) is 6.10 Å². The van der Waals surface area contributed by atoms with Gasteiger partial charge in [-0.1, -0.05) is 15.9 Å². The van der Waals surface area contributed by atoms with Crippen LogP contribution < -0.4 is 4.74 Å². The van der Waals surface area contributed by atoms with Crippen LogP contribution in [0.5, 0.6) is 5.75 Å². The normalized spacial score (nSPS) is 21.2. The molecule has 0 radical (unpaired) electrons. The number of nitrogens with zero attached hydrogens (tertiary/aromatic N) is 1. The number of aliphatic hydroxyl groups is 1. The van der Waals surface area contributed by atoms with Crippen molar-refractivity contribution in [2.24, 2.45) is 0 Å². The summed E-state index contributed by atoms with van der Waals surface area (Å²) in [6.07, 6.45) is -0.384. The van der Waals surface area contributed by atoms with Gasteiger partial charge < -0.3 is 14.7 Å². The third-order valence-electron chi connectivity index (χ3n) is 3.07. The highest BCUT2D eigenvalue weighted by Gasteiger charge is 2.31. The van der Waals surface area contributed by atoms with Crippen molar-refractivity contribution in [3.63, 3.8) is 0 Å². The van der Waals surface area contributed by atoms with Gasteiger partial charge in [0.1, 0.15) is 5.75 Å². The quantitative estimate of drug-likeness (QED) is 0.930. The smallest absolute Gasteiger partial charge is 0.263 e. The Morgan fingerprint density at radius 2 is 2.28 bits per heavy atom. The Kier molecular flexibility index (Phi) is 3.92. The molecule has 1 aliphatic heterocycles. The minimum Gasteiger partial charge on any atom is -0.480 e. The van der Waals surface area contributed by atoms with E-state index in [1.807, 2.05) is 12.1 Å². The number of aliphatic hydroxyl groups excluding tert-OH is 1. The molecule has 5 heteroatoms. The summed E-state index contributed by atoms with van der Waals surface area (Å²) in [6.45, 7) is 2.39. The number of carbonyl (C=O) groups excluding carboxylic acids is 1. The van der Waals surface area contributed by atoms with Crippen LogP contribution in [-0.2, 0) is 4.79 Å². The Balaban J connectivity index is 2.21. The number of benzene rings is 1. The molecule has 1 aliphatic rings. The number of halogens is 1. The molecule has 1 saturated heterocycles. The summed E-state index contributed by atoms with van der Waals surface area (Å²) >= 11 is 3.36. The molecule has 4 nitrogen and oxygen atoms in total. The van der Waals surface area contributed by atoms with Gasteiger partial charge in [0.05, 0.1) is 6.10 Å². The molecule has 0 saturated carbocycles. The van der Waals surface area contributed by atoms with Crippen LogP contribution in [0, 0.1) is 0 Å². The van der Waals surface area contributed by atoms with Crippen LogP contribution in [0.15, 0.2) is 22.7 Å². The van der Waals surface area contributed by atoms with E-state index >= 15 is 0 Å². The van der Waals surface area contributed by atoms with Crippen molar-refractivity contribution in [3.8, 4) is 5.75 Å². The van der Waals surface area contributed by atoms with Crippen LogP contribution in [0.1, 0.15) is 25.0 Å². The third kappa shape index (κ3) is 2.67.